The minimum absolute atomic E-state index is 0.0927. The number of halogens is 3. The van der Waals surface area contributed by atoms with E-state index in [1.54, 1.807) is 0 Å². The van der Waals surface area contributed by atoms with Gasteiger partial charge in [0.25, 0.3) is 11.6 Å². The molecule has 0 saturated carbocycles. The molecule has 1 heterocycles. The van der Waals surface area contributed by atoms with Crippen LogP contribution in [0.25, 0.3) is 0 Å². The van der Waals surface area contributed by atoms with Gasteiger partial charge in [-0.3, -0.25) is 14.9 Å². The van der Waals surface area contributed by atoms with Crippen LogP contribution in [0, 0.1) is 10.1 Å². The van der Waals surface area contributed by atoms with Gasteiger partial charge in [-0.25, -0.2) is 4.98 Å². The summed E-state index contributed by atoms with van der Waals surface area (Å²) in [4.78, 5) is 26.0. The molecule has 9 heteroatoms. The summed E-state index contributed by atoms with van der Waals surface area (Å²) < 4.78 is 0.376. The molecule has 0 aliphatic heterocycles. The van der Waals surface area contributed by atoms with E-state index in [0.717, 1.165) is 0 Å². The second kappa shape index (κ2) is 6.38. The average molecular weight is 391 g/mol. The largest absolute Gasteiger partial charge is 0.321 e. The lowest BCUT2D eigenvalue weighted by Gasteiger charge is -2.08. The number of nitrogens with zero attached hydrogens (tertiary/aromatic N) is 2. The van der Waals surface area contributed by atoms with E-state index in [9.17, 15) is 14.9 Å². The van der Waals surface area contributed by atoms with Gasteiger partial charge in [0.1, 0.15) is 5.15 Å². The molecule has 0 saturated heterocycles. The highest BCUT2D eigenvalue weighted by Crippen LogP contribution is 2.28. The van der Waals surface area contributed by atoms with Crippen LogP contribution in [-0.2, 0) is 0 Å². The zero-order chi connectivity index (χ0) is 15.6. The van der Waals surface area contributed by atoms with Crippen molar-refractivity contribution in [3.8, 4) is 0 Å². The molecule has 0 aliphatic carbocycles. The van der Waals surface area contributed by atoms with E-state index >= 15 is 0 Å². The molecule has 0 fully saturated rings. The fraction of sp³-hybridized carbons (Fsp3) is 0. The van der Waals surface area contributed by atoms with Crippen LogP contribution in [0.5, 0.6) is 0 Å². The summed E-state index contributed by atoms with van der Waals surface area (Å²) in [7, 11) is 0. The van der Waals surface area contributed by atoms with Crippen LogP contribution in [0.4, 0.5) is 11.4 Å². The molecule has 1 amide bonds. The Morgan fingerprint density at radius 1 is 1.33 bits per heavy atom. The van der Waals surface area contributed by atoms with Gasteiger partial charge < -0.3 is 5.32 Å². The number of aromatic nitrogens is 1. The number of carbonyl (C=O) groups is 1. The second-order valence-corrected chi connectivity index (χ2v) is 5.51. The standard InChI is InChI=1S/C12H6BrCl2N3O3/c13-8-3-6(18(20)21)1-2-10(8)17-12(19)7-4-11(15)16-5-9(7)14/h1-5H,(H,17,19). The first kappa shape index (κ1) is 15.7. The van der Waals surface area contributed by atoms with Gasteiger partial charge in [-0.1, -0.05) is 23.2 Å². The number of pyridine rings is 1. The normalized spacial score (nSPS) is 10.2. The van der Waals surface area contributed by atoms with Gasteiger partial charge in [0.2, 0.25) is 0 Å². The molecule has 2 rings (SSSR count). The maximum absolute atomic E-state index is 12.1. The van der Waals surface area contributed by atoms with Gasteiger partial charge in [0.05, 0.1) is 21.2 Å². The van der Waals surface area contributed by atoms with Crippen molar-refractivity contribution in [2.45, 2.75) is 0 Å². The topological polar surface area (TPSA) is 85.1 Å². The lowest BCUT2D eigenvalue weighted by molar-refractivity contribution is -0.384. The number of nitro benzene ring substituents is 1. The third-order valence-electron chi connectivity index (χ3n) is 2.48. The van der Waals surface area contributed by atoms with Crippen LogP contribution in [0.1, 0.15) is 10.4 Å². The molecule has 1 N–H and O–H groups in total. The Balaban J connectivity index is 2.27. The van der Waals surface area contributed by atoms with Crippen molar-refractivity contribution < 1.29 is 9.72 Å². The number of carbonyl (C=O) groups excluding carboxylic acids is 1. The minimum Gasteiger partial charge on any atom is -0.321 e. The van der Waals surface area contributed by atoms with E-state index in [4.69, 9.17) is 23.2 Å². The highest BCUT2D eigenvalue weighted by Gasteiger charge is 2.15. The number of non-ortho nitro benzene ring substituents is 1. The van der Waals surface area contributed by atoms with Crippen LogP contribution in [-0.4, -0.2) is 15.8 Å². The van der Waals surface area contributed by atoms with Gasteiger partial charge in [0, 0.05) is 22.8 Å². The van der Waals surface area contributed by atoms with Crippen molar-refractivity contribution >= 4 is 56.4 Å². The van der Waals surface area contributed by atoms with Gasteiger partial charge in [-0.15, -0.1) is 0 Å². The maximum Gasteiger partial charge on any atom is 0.270 e. The van der Waals surface area contributed by atoms with Crippen molar-refractivity contribution in [3.63, 3.8) is 0 Å². The molecule has 1 aromatic carbocycles. The summed E-state index contributed by atoms with van der Waals surface area (Å²) in [5.41, 5.74) is 0.432. The molecule has 0 aliphatic rings. The van der Waals surface area contributed by atoms with E-state index in [1.165, 1.54) is 30.5 Å². The molecule has 0 radical (unpaired) electrons. The first-order valence-electron chi connectivity index (χ1n) is 5.45. The summed E-state index contributed by atoms with van der Waals surface area (Å²) in [6.45, 7) is 0. The fourth-order valence-corrected chi connectivity index (χ4v) is 2.31. The van der Waals surface area contributed by atoms with E-state index in [-0.39, 0.29) is 21.4 Å². The highest BCUT2D eigenvalue weighted by molar-refractivity contribution is 9.10. The van der Waals surface area contributed by atoms with Crippen molar-refractivity contribution in [1.29, 1.82) is 0 Å². The first-order chi connectivity index (χ1) is 9.88. The third-order valence-corrected chi connectivity index (χ3v) is 3.64. The zero-order valence-electron chi connectivity index (χ0n) is 10.1. The van der Waals surface area contributed by atoms with Crippen molar-refractivity contribution in [2.24, 2.45) is 0 Å². The van der Waals surface area contributed by atoms with Gasteiger partial charge in [0.15, 0.2) is 0 Å². The van der Waals surface area contributed by atoms with Crippen molar-refractivity contribution in [2.75, 3.05) is 5.32 Å². The third kappa shape index (κ3) is 3.69. The van der Waals surface area contributed by atoms with Gasteiger partial charge in [-0.05, 0) is 28.1 Å². The summed E-state index contributed by atoms with van der Waals surface area (Å²) >= 11 is 14.8. The quantitative estimate of drug-likeness (QED) is 0.480. The molecule has 21 heavy (non-hydrogen) atoms. The highest BCUT2D eigenvalue weighted by atomic mass is 79.9. The number of nitrogens with one attached hydrogen (secondary N) is 1. The zero-order valence-corrected chi connectivity index (χ0v) is 13.2. The molecule has 1 aromatic heterocycles. The summed E-state index contributed by atoms with van der Waals surface area (Å²) in [6.07, 6.45) is 1.27. The lowest BCUT2D eigenvalue weighted by atomic mass is 10.2. The molecule has 0 bridgehead atoms. The SMILES string of the molecule is O=C(Nc1ccc([N+](=O)[O-])cc1Br)c1cc(Cl)ncc1Cl. The number of amides is 1. The van der Waals surface area contributed by atoms with E-state index in [1.807, 2.05) is 0 Å². The Hall–Kier alpha value is -1.70. The number of nitro groups is 1. The van der Waals surface area contributed by atoms with E-state index < -0.39 is 10.8 Å². The van der Waals surface area contributed by atoms with E-state index in [0.29, 0.717) is 10.2 Å². The van der Waals surface area contributed by atoms with Crippen LogP contribution < -0.4 is 5.32 Å². The van der Waals surface area contributed by atoms with Crippen LogP contribution in [0.3, 0.4) is 0 Å². The molecule has 0 spiro atoms. The van der Waals surface area contributed by atoms with Gasteiger partial charge in [-0.2, -0.15) is 0 Å². The van der Waals surface area contributed by atoms with Crippen LogP contribution in [0.2, 0.25) is 10.2 Å². The number of rotatable bonds is 3. The van der Waals surface area contributed by atoms with Crippen molar-refractivity contribution in [3.05, 3.63) is 60.8 Å². The van der Waals surface area contributed by atoms with Crippen LogP contribution >= 0.6 is 39.1 Å². The minimum atomic E-state index is -0.532. The number of anilines is 1. The molecule has 6 nitrogen and oxygen atoms in total. The first-order valence-corrected chi connectivity index (χ1v) is 6.99. The Morgan fingerprint density at radius 2 is 2.05 bits per heavy atom. The van der Waals surface area contributed by atoms with E-state index in [2.05, 4.69) is 26.2 Å². The molecular weight excluding hydrogens is 385 g/mol. The summed E-state index contributed by atoms with van der Waals surface area (Å²) in [5.74, 6) is -0.501. The van der Waals surface area contributed by atoms with Crippen LogP contribution in [0.15, 0.2) is 34.9 Å². The Morgan fingerprint density at radius 3 is 2.67 bits per heavy atom. The maximum atomic E-state index is 12.1. The Bertz CT molecular complexity index is 740. The van der Waals surface area contributed by atoms with Gasteiger partial charge >= 0.3 is 0 Å². The van der Waals surface area contributed by atoms with Crippen molar-refractivity contribution in [1.82, 2.24) is 4.98 Å². The number of benzene rings is 1. The predicted molar refractivity (Wildman–Crippen MR) is 83.0 cm³/mol. The molecule has 0 unspecified atom stereocenters. The number of hydrogen-bond donors (Lipinski definition) is 1. The predicted octanol–water partition coefficient (Wildman–Crippen LogP) is 4.31. The Kier molecular flexibility index (Phi) is 4.76. The monoisotopic (exact) mass is 389 g/mol. The molecular formula is C12H6BrCl2N3O3. The summed E-state index contributed by atoms with van der Waals surface area (Å²) in [5, 5.41) is 13.5. The fourth-order valence-electron chi connectivity index (χ4n) is 1.50. The smallest absolute Gasteiger partial charge is 0.270 e. The summed E-state index contributed by atoms with van der Waals surface area (Å²) in [6, 6.07) is 5.31. The molecule has 0 atom stereocenters. The number of hydrogen-bond acceptors (Lipinski definition) is 4. The lowest BCUT2D eigenvalue weighted by Crippen LogP contribution is -2.13. The molecule has 108 valence electrons. The Labute approximate surface area is 137 Å². The average Bonchev–Trinajstić information content (AvgIpc) is 2.43. The second-order valence-electron chi connectivity index (χ2n) is 3.86. The molecule has 2 aromatic rings.